The second-order valence-electron chi connectivity index (χ2n) is 16.7. The number of aliphatic carboxylic acids is 1. The van der Waals surface area contributed by atoms with Crippen molar-refractivity contribution in [1.82, 2.24) is 0 Å². The molecule has 0 aromatic heterocycles. The number of hydrogen-bond donors (Lipinski definition) is 1. The van der Waals surface area contributed by atoms with Gasteiger partial charge < -0.3 is 9.84 Å². The molecule has 1 aromatic carbocycles. The molecule has 40 heavy (non-hydrogen) atoms. The van der Waals surface area contributed by atoms with Gasteiger partial charge in [0.1, 0.15) is 0 Å². The maximum Gasteiger partial charge on any atom is 0.309 e. The van der Waals surface area contributed by atoms with Crippen LogP contribution in [-0.4, -0.2) is 17.2 Å². The predicted molar refractivity (Wildman–Crippen MR) is 162 cm³/mol. The Morgan fingerprint density at radius 2 is 1.57 bits per heavy atom. The molecular weight excluding hydrogens is 492 g/mol. The van der Waals surface area contributed by atoms with Crippen molar-refractivity contribution in [1.29, 1.82) is 0 Å². The summed E-state index contributed by atoms with van der Waals surface area (Å²) in [6, 6.07) is 10.7. The van der Waals surface area contributed by atoms with Crippen LogP contribution >= 0.6 is 0 Å². The average Bonchev–Trinajstić information content (AvgIpc) is 2.90. The Morgan fingerprint density at radius 1 is 0.875 bits per heavy atom. The van der Waals surface area contributed by atoms with Gasteiger partial charge in [0.25, 0.3) is 0 Å². The zero-order valence-electron chi connectivity index (χ0n) is 26.3. The largest absolute Gasteiger partial charge is 0.481 e. The second kappa shape index (κ2) is 9.19. The third kappa shape index (κ3) is 3.88. The lowest BCUT2D eigenvalue weighted by Crippen LogP contribution is -2.64. The molecule has 9 atom stereocenters. The highest BCUT2D eigenvalue weighted by molar-refractivity contribution is 5.74. The van der Waals surface area contributed by atoms with E-state index in [1.165, 1.54) is 37.7 Å². The molecule has 4 fully saturated rings. The molecule has 6 rings (SSSR count). The molecule has 3 unspecified atom stereocenters. The molecule has 0 radical (unpaired) electrons. The van der Waals surface area contributed by atoms with Crippen LogP contribution in [0.3, 0.4) is 0 Å². The highest BCUT2D eigenvalue weighted by Crippen LogP contribution is 2.75. The predicted octanol–water partition coefficient (Wildman–Crippen LogP) is 9.46. The summed E-state index contributed by atoms with van der Waals surface area (Å²) in [5.41, 5.74) is 3.45. The normalized spacial score (nSPS) is 47.6. The van der Waals surface area contributed by atoms with Gasteiger partial charge >= 0.3 is 5.97 Å². The van der Waals surface area contributed by atoms with Crippen molar-refractivity contribution in [2.24, 2.45) is 50.2 Å². The van der Waals surface area contributed by atoms with Gasteiger partial charge in [-0.3, -0.25) is 4.79 Å². The van der Waals surface area contributed by atoms with Crippen LogP contribution in [0.1, 0.15) is 118 Å². The number of carbonyl (C=O) groups is 1. The van der Waals surface area contributed by atoms with Gasteiger partial charge in [-0.05, 0) is 122 Å². The van der Waals surface area contributed by atoms with E-state index in [0.717, 1.165) is 32.1 Å². The topological polar surface area (TPSA) is 46.5 Å². The molecule has 0 spiro atoms. The molecule has 5 aliphatic rings. The molecule has 4 saturated carbocycles. The lowest BCUT2D eigenvalue weighted by Gasteiger charge is -2.71. The number of carboxylic acid groups (broad SMARTS) is 1. The Hall–Kier alpha value is -1.61. The Kier molecular flexibility index (Phi) is 6.55. The Morgan fingerprint density at radius 3 is 2.27 bits per heavy atom. The van der Waals surface area contributed by atoms with E-state index < -0.39 is 11.4 Å². The van der Waals surface area contributed by atoms with Crippen molar-refractivity contribution in [3.63, 3.8) is 0 Å². The van der Waals surface area contributed by atoms with Gasteiger partial charge in [-0.2, -0.15) is 0 Å². The van der Waals surface area contributed by atoms with Gasteiger partial charge in [0.05, 0.1) is 18.1 Å². The quantitative estimate of drug-likeness (QED) is 0.383. The SMILES string of the molecule is CC1(C)C2CC[C@]3(C)C(CC=C4C5C[C@@](C)(C(=O)O)CC[C@]5(C)CC[C@]43C)[C@@]2(C)CC[C@@H]1OCc1ccccc1. The fourth-order valence-corrected chi connectivity index (χ4v) is 11.6. The number of rotatable bonds is 4. The highest BCUT2D eigenvalue weighted by Gasteiger charge is 2.68. The molecule has 0 amide bonds. The summed E-state index contributed by atoms with van der Waals surface area (Å²) in [5, 5.41) is 10.2. The standard InChI is InChI=1S/C37H54O3/c1-32(2)28-15-18-37(7)29(35(28,5)17-16-30(32)40-24-25-11-9-8-10-12-25)14-13-26-27-23-34(4,31(38)39)20-19-33(27,3)21-22-36(26,37)6/h8-13,27-30H,14-24H2,1-7H3,(H,38,39)/t27?,28?,29?,30-,33+,34-,35-,36+,37+/m0/s1. The Bertz CT molecular complexity index is 1190. The first-order valence-corrected chi connectivity index (χ1v) is 16.3. The van der Waals surface area contributed by atoms with Crippen molar-refractivity contribution in [2.75, 3.05) is 0 Å². The number of benzene rings is 1. The Balaban J connectivity index is 1.30. The van der Waals surface area contributed by atoms with E-state index in [9.17, 15) is 9.90 Å². The minimum absolute atomic E-state index is 0.145. The van der Waals surface area contributed by atoms with Gasteiger partial charge in [-0.25, -0.2) is 0 Å². The Labute approximate surface area is 243 Å². The molecule has 220 valence electrons. The first-order chi connectivity index (χ1) is 18.7. The third-order valence-electron chi connectivity index (χ3n) is 14.6. The van der Waals surface area contributed by atoms with Crippen molar-refractivity contribution < 1.29 is 14.6 Å². The van der Waals surface area contributed by atoms with Crippen LogP contribution < -0.4 is 0 Å². The minimum Gasteiger partial charge on any atom is -0.481 e. The van der Waals surface area contributed by atoms with Gasteiger partial charge in [0, 0.05) is 0 Å². The molecule has 0 bridgehead atoms. The lowest BCUT2D eigenvalue weighted by molar-refractivity contribution is -0.213. The van der Waals surface area contributed by atoms with E-state index in [4.69, 9.17) is 4.74 Å². The van der Waals surface area contributed by atoms with Crippen LogP contribution in [0.5, 0.6) is 0 Å². The number of hydrogen-bond acceptors (Lipinski definition) is 2. The van der Waals surface area contributed by atoms with Crippen LogP contribution in [-0.2, 0) is 16.1 Å². The first kappa shape index (κ1) is 28.5. The van der Waals surface area contributed by atoms with Crippen molar-refractivity contribution in [3.8, 4) is 0 Å². The first-order valence-electron chi connectivity index (χ1n) is 16.3. The van der Waals surface area contributed by atoms with Gasteiger partial charge in [0.2, 0.25) is 0 Å². The fraction of sp³-hybridized carbons (Fsp3) is 0.757. The van der Waals surface area contributed by atoms with Crippen LogP contribution in [0, 0.1) is 50.2 Å². The summed E-state index contributed by atoms with van der Waals surface area (Å²) < 4.78 is 6.69. The lowest BCUT2D eigenvalue weighted by atomic mass is 9.33. The zero-order valence-corrected chi connectivity index (χ0v) is 26.3. The maximum absolute atomic E-state index is 12.4. The molecule has 1 N–H and O–H groups in total. The van der Waals surface area contributed by atoms with E-state index in [1.807, 2.05) is 6.92 Å². The zero-order chi connectivity index (χ0) is 28.8. The molecule has 3 nitrogen and oxygen atoms in total. The van der Waals surface area contributed by atoms with Crippen LogP contribution in [0.4, 0.5) is 0 Å². The number of fused-ring (bicyclic) bond motifs is 7. The van der Waals surface area contributed by atoms with Crippen LogP contribution in [0.25, 0.3) is 0 Å². The fourth-order valence-electron chi connectivity index (χ4n) is 11.6. The van der Waals surface area contributed by atoms with Crippen molar-refractivity contribution >= 4 is 5.97 Å². The summed E-state index contributed by atoms with van der Waals surface area (Å²) in [5.74, 6) is 1.14. The van der Waals surface area contributed by atoms with E-state index in [1.54, 1.807) is 5.57 Å². The van der Waals surface area contributed by atoms with E-state index in [2.05, 4.69) is 78.0 Å². The van der Waals surface area contributed by atoms with Crippen molar-refractivity contribution in [2.45, 2.75) is 125 Å². The number of carboxylic acids is 1. The monoisotopic (exact) mass is 546 g/mol. The molecule has 1 aromatic rings. The second-order valence-corrected chi connectivity index (χ2v) is 16.7. The summed E-state index contributed by atoms with van der Waals surface area (Å²) in [6.07, 6.45) is 14.3. The number of ether oxygens (including phenoxy) is 1. The molecule has 0 heterocycles. The summed E-state index contributed by atoms with van der Waals surface area (Å²) >= 11 is 0. The maximum atomic E-state index is 12.4. The summed E-state index contributed by atoms with van der Waals surface area (Å²) in [4.78, 5) is 12.4. The molecule has 0 saturated heterocycles. The average molecular weight is 547 g/mol. The molecule has 3 heteroatoms. The highest BCUT2D eigenvalue weighted by atomic mass is 16.5. The molecular formula is C37H54O3. The van der Waals surface area contributed by atoms with Crippen molar-refractivity contribution in [3.05, 3.63) is 47.5 Å². The van der Waals surface area contributed by atoms with E-state index in [0.29, 0.717) is 35.9 Å². The third-order valence-corrected chi connectivity index (χ3v) is 14.6. The summed E-state index contributed by atoms with van der Waals surface area (Å²) in [7, 11) is 0. The smallest absolute Gasteiger partial charge is 0.309 e. The van der Waals surface area contributed by atoms with Gasteiger partial charge in [-0.15, -0.1) is 0 Å². The molecule has 5 aliphatic carbocycles. The molecule has 0 aliphatic heterocycles. The minimum atomic E-state index is -0.594. The van der Waals surface area contributed by atoms with Crippen LogP contribution in [0.15, 0.2) is 42.0 Å². The van der Waals surface area contributed by atoms with E-state index in [-0.39, 0.29) is 21.7 Å². The van der Waals surface area contributed by atoms with Gasteiger partial charge in [-0.1, -0.05) is 83.5 Å². The summed E-state index contributed by atoms with van der Waals surface area (Å²) in [6.45, 7) is 18.1. The van der Waals surface area contributed by atoms with Crippen LogP contribution in [0.2, 0.25) is 0 Å². The van der Waals surface area contributed by atoms with E-state index >= 15 is 0 Å². The number of allylic oxidation sites excluding steroid dienone is 2. The van der Waals surface area contributed by atoms with Gasteiger partial charge in [0.15, 0.2) is 0 Å².